The molecule has 0 heterocycles. The second kappa shape index (κ2) is 6.11. The third-order valence-electron chi connectivity index (χ3n) is 2.59. The van der Waals surface area contributed by atoms with E-state index in [-0.39, 0.29) is 10.6 Å². The minimum atomic E-state index is -0.595. The van der Waals surface area contributed by atoms with Gasteiger partial charge in [0, 0.05) is 15.7 Å². The Hall–Kier alpha value is -1.79. The molecule has 6 heteroatoms. The van der Waals surface area contributed by atoms with E-state index in [9.17, 15) is 9.18 Å². The third kappa shape index (κ3) is 3.20. The summed E-state index contributed by atoms with van der Waals surface area (Å²) in [6.45, 7) is 0. The first-order valence-corrected chi connectivity index (χ1v) is 6.84. The Morgan fingerprint density at radius 2 is 1.95 bits per heavy atom. The van der Waals surface area contributed by atoms with Crippen molar-refractivity contribution in [3.05, 3.63) is 63.9 Å². The van der Waals surface area contributed by atoms with E-state index in [1.807, 2.05) is 0 Å². The fourth-order valence-corrected chi connectivity index (χ4v) is 2.31. The summed E-state index contributed by atoms with van der Waals surface area (Å²) in [5, 5.41) is 2.61. The van der Waals surface area contributed by atoms with Gasteiger partial charge in [-0.2, -0.15) is 0 Å². The van der Waals surface area contributed by atoms with Crippen molar-refractivity contribution in [1.82, 2.24) is 0 Å². The summed E-state index contributed by atoms with van der Waals surface area (Å²) in [7, 11) is 0. The maximum Gasteiger partial charge on any atom is 0.259 e. The van der Waals surface area contributed by atoms with Crippen molar-refractivity contribution in [3.8, 4) is 0 Å². The van der Waals surface area contributed by atoms with E-state index >= 15 is 0 Å². The summed E-state index contributed by atoms with van der Waals surface area (Å²) in [5.74, 6) is -1.14. The Balaban J connectivity index is 2.28. The van der Waals surface area contributed by atoms with Crippen molar-refractivity contribution in [1.29, 1.82) is 0 Å². The van der Waals surface area contributed by atoms with Crippen LogP contribution in [0.1, 0.15) is 15.9 Å². The summed E-state index contributed by atoms with van der Waals surface area (Å²) < 4.78 is 14.1. The van der Waals surface area contributed by atoms with Gasteiger partial charge in [0.15, 0.2) is 0 Å². The zero-order valence-corrected chi connectivity index (χ0v) is 12.6. The molecule has 102 valence electrons. The van der Waals surface area contributed by atoms with E-state index in [0.717, 1.165) is 0 Å². The number of carbonyl (C=O) groups is 1. The zero-order valence-electron chi connectivity index (χ0n) is 10.2. The number of nitrogens with one attached hydrogen (secondary N) is 1. The lowest BCUT2D eigenvalue weighted by Gasteiger charge is -2.09. The predicted octanol–water partition coefficient (Wildman–Crippen LogP) is 3.47. The fraction of sp³-hybridized carbons (Fsp3) is 0. The summed E-state index contributed by atoms with van der Waals surface area (Å²) in [4.78, 5) is 12.3. The molecular formula is C14H10BrFN2OS. The van der Waals surface area contributed by atoms with Crippen molar-refractivity contribution >= 4 is 44.7 Å². The number of hydrogen-bond donors (Lipinski definition) is 2. The average molecular weight is 353 g/mol. The molecule has 0 saturated heterocycles. The monoisotopic (exact) mass is 352 g/mol. The number of hydrogen-bond acceptors (Lipinski definition) is 2. The van der Waals surface area contributed by atoms with Gasteiger partial charge in [0.05, 0.1) is 5.56 Å². The standard InChI is InChI=1S/C14H10BrFN2OS/c15-10-5-2-6-11(16)12(10)14(19)18-9-4-1-3-8(7-9)13(17)20/h1-7H,(H2,17,20)(H,18,19). The summed E-state index contributed by atoms with van der Waals surface area (Å²) in [5.41, 5.74) is 6.60. The van der Waals surface area contributed by atoms with E-state index < -0.39 is 11.7 Å². The minimum Gasteiger partial charge on any atom is -0.389 e. The van der Waals surface area contributed by atoms with Crippen LogP contribution < -0.4 is 11.1 Å². The average Bonchev–Trinajstić information content (AvgIpc) is 2.38. The molecule has 0 aliphatic carbocycles. The van der Waals surface area contributed by atoms with E-state index in [4.69, 9.17) is 18.0 Å². The van der Waals surface area contributed by atoms with Crippen LogP contribution in [0.15, 0.2) is 46.9 Å². The molecule has 0 spiro atoms. The molecule has 0 aliphatic heterocycles. The maximum absolute atomic E-state index is 13.7. The highest BCUT2D eigenvalue weighted by Crippen LogP contribution is 2.21. The molecule has 0 unspecified atom stereocenters. The molecule has 0 atom stereocenters. The van der Waals surface area contributed by atoms with Crippen LogP contribution in [0.5, 0.6) is 0 Å². The quantitative estimate of drug-likeness (QED) is 0.831. The van der Waals surface area contributed by atoms with Gasteiger partial charge in [-0.25, -0.2) is 4.39 Å². The highest BCUT2D eigenvalue weighted by atomic mass is 79.9. The second-order valence-electron chi connectivity index (χ2n) is 4.00. The van der Waals surface area contributed by atoms with Crippen LogP contribution in [0.4, 0.5) is 10.1 Å². The van der Waals surface area contributed by atoms with Crippen LogP contribution in [-0.4, -0.2) is 10.9 Å². The molecule has 2 aromatic carbocycles. The van der Waals surface area contributed by atoms with Crippen LogP contribution in [0.2, 0.25) is 0 Å². The summed E-state index contributed by atoms with van der Waals surface area (Å²) in [6.07, 6.45) is 0. The number of amides is 1. The van der Waals surface area contributed by atoms with Crippen molar-refractivity contribution < 1.29 is 9.18 Å². The van der Waals surface area contributed by atoms with Crippen LogP contribution in [0, 0.1) is 5.82 Å². The second-order valence-corrected chi connectivity index (χ2v) is 5.29. The third-order valence-corrected chi connectivity index (χ3v) is 3.49. The fourth-order valence-electron chi connectivity index (χ4n) is 1.66. The van der Waals surface area contributed by atoms with Gasteiger partial charge in [0.2, 0.25) is 0 Å². The molecule has 1 amide bonds. The van der Waals surface area contributed by atoms with Gasteiger partial charge in [0.25, 0.3) is 5.91 Å². The largest absolute Gasteiger partial charge is 0.389 e. The lowest BCUT2D eigenvalue weighted by Crippen LogP contribution is -2.15. The number of thiocarbonyl (C=S) groups is 1. The molecule has 0 bridgehead atoms. The van der Waals surface area contributed by atoms with E-state index in [1.165, 1.54) is 12.1 Å². The Labute approximate surface area is 129 Å². The smallest absolute Gasteiger partial charge is 0.259 e. The highest BCUT2D eigenvalue weighted by Gasteiger charge is 2.15. The van der Waals surface area contributed by atoms with Gasteiger partial charge >= 0.3 is 0 Å². The first kappa shape index (κ1) is 14.6. The number of benzene rings is 2. The first-order chi connectivity index (χ1) is 9.49. The van der Waals surface area contributed by atoms with Crippen molar-refractivity contribution in [3.63, 3.8) is 0 Å². The van der Waals surface area contributed by atoms with Gasteiger partial charge in [-0.3, -0.25) is 4.79 Å². The maximum atomic E-state index is 13.7. The van der Waals surface area contributed by atoms with Gasteiger partial charge < -0.3 is 11.1 Å². The molecule has 0 radical (unpaired) electrons. The molecule has 0 aromatic heterocycles. The summed E-state index contributed by atoms with van der Waals surface area (Å²) >= 11 is 8.03. The van der Waals surface area contributed by atoms with Gasteiger partial charge in [0.1, 0.15) is 10.8 Å². The predicted molar refractivity (Wildman–Crippen MR) is 84.4 cm³/mol. The van der Waals surface area contributed by atoms with Crippen molar-refractivity contribution in [2.75, 3.05) is 5.32 Å². The molecule has 2 rings (SSSR count). The molecule has 0 aliphatic rings. The molecular weight excluding hydrogens is 343 g/mol. The Morgan fingerprint density at radius 1 is 1.25 bits per heavy atom. The number of anilines is 1. The normalized spacial score (nSPS) is 10.1. The molecule has 0 fully saturated rings. The molecule has 20 heavy (non-hydrogen) atoms. The summed E-state index contributed by atoms with van der Waals surface area (Å²) in [6, 6.07) is 11.1. The SMILES string of the molecule is NC(=S)c1cccc(NC(=O)c2c(F)cccc2Br)c1. The Morgan fingerprint density at radius 3 is 2.60 bits per heavy atom. The highest BCUT2D eigenvalue weighted by molar-refractivity contribution is 9.10. The van der Waals surface area contributed by atoms with Gasteiger partial charge in [-0.15, -0.1) is 0 Å². The van der Waals surface area contributed by atoms with Crippen LogP contribution >= 0.6 is 28.1 Å². The van der Waals surface area contributed by atoms with Crippen LogP contribution in [0.25, 0.3) is 0 Å². The molecule has 3 nitrogen and oxygen atoms in total. The number of nitrogens with two attached hydrogens (primary N) is 1. The first-order valence-electron chi connectivity index (χ1n) is 5.64. The number of carbonyl (C=O) groups excluding carboxylic acids is 1. The van der Waals surface area contributed by atoms with Crippen molar-refractivity contribution in [2.45, 2.75) is 0 Å². The number of rotatable bonds is 3. The van der Waals surface area contributed by atoms with E-state index in [1.54, 1.807) is 30.3 Å². The van der Waals surface area contributed by atoms with Crippen molar-refractivity contribution in [2.24, 2.45) is 5.73 Å². The lowest BCUT2D eigenvalue weighted by molar-refractivity contribution is 0.102. The number of halogens is 2. The minimum absolute atomic E-state index is 0.0479. The Kier molecular flexibility index (Phi) is 4.46. The molecule has 2 aromatic rings. The Bertz CT molecular complexity index is 670. The molecule has 0 saturated carbocycles. The lowest BCUT2D eigenvalue weighted by atomic mass is 10.1. The topological polar surface area (TPSA) is 55.1 Å². The van der Waals surface area contributed by atoms with Gasteiger partial charge in [-0.1, -0.05) is 30.4 Å². The zero-order chi connectivity index (χ0) is 14.7. The molecule has 3 N–H and O–H groups in total. The van der Waals surface area contributed by atoms with Crippen LogP contribution in [-0.2, 0) is 0 Å². The van der Waals surface area contributed by atoms with Crippen LogP contribution in [0.3, 0.4) is 0 Å². The van der Waals surface area contributed by atoms with E-state index in [2.05, 4.69) is 21.2 Å². The van der Waals surface area contributed by atoms with Gasteiger partial charge in [-0.05, 0) is 40.2 Å². The van der Waals surface area contributed by atoms with E-state index in [0.29, 0.717) is 15.7 Å².